The molecule has 0 saturated heterocycles. The Morgan fingerprint density at radius 2 is 0.513 bits per heavy atom. The molecule has 0 heterocycles. The lowest BCUT2D eigenvalue weighted by atomic mass is 10.2. The molecule has 0 aromatic carbocycles. The summed E-state index contributed by atoms with van der Waals surface area (Å²) in [5.41, 5.74) is 0. The van der Waals surface area contributed by atoms with Gasteiger partial charge in [0.05, 0.1) is 119 Å². The first-order valence-corrected chi connectivity index (χ1v) is 16.3. The lowest BCUT2D eigenvalue weighted by molar-refractivity contribution is -0.0264. The van der Waals surface area contributed by atoms with E-state index < -0.39 is 0 Å². The molecule has 0 fully saturated rings. The molecular weight excluding hydrogens is 623 g/mol. The van der Waals surface area contributed by atoms with Crippen LogP contribution < -0.4 is 0 Å². The number of halogens is 1. The Labute approximate surface area is 251 Å². The summed E-state index contributed by atoms with van der Waals surface area (Å²) in [6, 6.07) is 0. The van der Waals surface area contributed by atoms with Crippen LogP contribution in [0.5, 0.6) is 0 Å². The summed E-state index contributed by atoms with van der Waals surface area (Å²) in [4.78, 5) is 0. The van der Waals surface area contributed by atoms with Crippen molar-refractivity contribution in [1.29, 1.82) is 0 Å². The zero-order chi connectivity index (χ0) is 28.2. The van der Waals surface area contributed by atoms with Crippen molar-refractivity contribution in [2.24, 2.45) is 0 Å². The second kappa shape index (κ2) is 38.3. The summed E-state index contributed by atoms with van der Waals surface area (Å²) in [5, 5.41) is 0. The number of hydrogen-bond donors (Lipinski definition) is 0. The van der Waals surface area contributed by atoms with Crippen molar-refractivity contribution in [1.82, 2.24) is 0 Å². The van der Waals surface area contributed by atoms with Crippen LogP contribution >= 0.6 is 22.6 Å². The summed E-state index contributed by atoms with van der Waals surface area (Å²) < 4.78 is 56.0. The SMILES string of the molecule is CCCCOCCOCCOCCOCCOCCOCCOCCOCCOCCOCCCCCCI. The molecule has 0 unspecified atom stereocenters. The quantitative estimate of drug-likeness (QED) is 0.0551. The molecule has 0 aliphatic heterocycles. The van der Waals surface area contributed by atoms with Gasteiger partial charge >= 0.3 is 0 Å². The number of rotatable bonds is 36. The number of unbranched alkanes of at least 4 members (excludes halogenated alkanes) is 4. The monoisotopic (exact) mass is 680 g/mol. The Morgan fingerprint density at radius 1 is 0.282 bits per heavy atom. The smallest absolute Gasteiger partial charge is 0.0701 e. The van der Waals surface area contributed by atoms with Crippen LogP contribution in [-0.2, 0) is 47.4 Å². The van der Waals surface area contributed by atoms with Gasteiger partial charge in [-0.05, 0) is 23.7 Å². The molecule has 0 aliphatic carbocycles. The lowest BCUT2D eigenvalue weighted by Crippen LogP contribution is -2.15. The molecule has 0 spiro atoms. The van der Waals surface area contributed by atoms with E-state index in [0.717, 1.165) is 32.5 Å². The third kappa shape index (κ3) is 38.3. The van der Waals surface area contributed by atoms with E-state index in [9.17, 15) is 0 Å². The summed E-state index contributed by atoms with van der Waals surface area (Å²) in [5.74, 6) is 0. The van der Waals surface area contributed by atoms with Crippen LogP contribution in [0.2, 0.25) is 0 Å². The molecular formula is C28H57IO10. The Hall–Kier alpha value is 0.330. The average Bonchev–Trinajstić information content (AvgIpc) is 2.95. The Balaban J connectivity index is 3.01. The molecule has 0 aromatic heterocycles. The molecule has 0 bridgehead atoms. The van der Waals surface area contributed by atoms with Crippen molar-refractivity contribution in [2.75, 3.05) is 137 Å². The van der Waals surface area contributed by atoms with E-state index in [1.807, 2.05) is 0 Å². The maximum atomic E-state index is 5.55. The van der Waals surface area contributed by atoms with Gasteiger partial charge in [-0.1, -0.05) is 48.8 Å². The Kier molecular flexibility index (Phi) is 38.7. The minimum absolute atomic E-state index is 0.534. The first-order valence-electron chi connectivity index (χ1n) is 14.7. The predicted molar refractivity (Wildman–Crippen MR) is 160 cm³/mol. The van der Waals surface area contributed by atoms with Gasteiger partial charge in [-0.15, -0.1) is 0 Å². The fourth-order valence-corrected chi connectivity index (χ4v) is 3.52. The van der Waals surface area contributed by atoms with Gasteiger partial charge in [-0.3, -0.25) is 0 Å². The molecule has 0 aromatic rings. The topological polar surface area (TPSA) is 92.3 Å². The van der Waals surface area contributed by atoms with E-state index in [4.69, 9.17) is 47.4 Å². The average molecular weight is 681 g/mol. The summed E-state index contributed by atoms with van der Waals surface area (Å²) in [6.07, 6.45) is 7.25. The first-order chi connectivity index (χ1) is 19.4. The first kappa shape index (κ1) is 39.3. The van der Waals surface area contributed by atoms with Crippen molar-refractivity contribution in [3.8, 4) is 0 Å². The Morgan fingerprint density at radius 3 is 0.769 bits per heavy atom. The molecule has 0 aliphatic rings. The summed E-state index contributed by atoms with van der Waals surface area (Å²) >= 11 is 2.42. The van der Waals surface area contributed by atoms with Gasteiger partial charge in [0.1, 0.15) is 0 Å². The molecule has 0 atom stereocenters. The number of ether oxygens (including phenoxy) is 10. The summed E-state index contributed by atoms with van der Waals surface area (Å²) in [6.45, 7) is 14.0. The fourth-order valence-electron chi connectivity index (χ4n) is 2.98. The van der Waals surface area contributed by atoms with Crippen LogP contribution in [0.15, 0.2) is 0 Å². The van der Waals surface area contributed by atoms with E-state index in [0.29, 0.717) is 119 Å². The maximum Gasteiger partial charge on any atom is 0.0701 e. The molecule has 0 rings (SSSR count). The van der Waals surface area contributed by atoms with Gasteiger partial charge in [0, 0.05) is 13.2 Å². The van der Waals surface area contributed by atoms with Crippen molar-refractivity contribution in [3.05, 3.63) is 0 Å². The van der Waals surface area contributed by atoms with Crippen molar-refractivity contribution in [2.45, 2.75) is 45.4 Å². The molecule has 0 N–H and O–H groups in total. The van der Waals surface area contributed by atoms with Gasteiger partial charge in [0.2, 0.25) is 0 Å². The maximum absolute atomic E-state index is 5.55. The van der Waals surface area contributed by atoms with Crippen LogP contribution in [-0.4, -0.2) is 137 Å². The zero-order valence-corrected chi connectivity index (χ0v) is 26.7. The lowest BCUT2D eigenvalue weighted by Gasteiger charge is -2.09. The van der Waals surface area contributed by atoms with Crippen LogP contribution in [0.25, 0.3) is 0 Å². The van der Waals surface area contributed by atoms with E-state index >= 15 is 0 Å². The predicted octanol–water partition coefficient (Wildman–Crippen LogP) is 3.95. The second-order valence-electron chi connectivity index (χ2n) is 8.58. The normalized spacial score (nSPS) is 11.5. The number of alkyl halides is 1. The van der Waals surface area contributed by atoms with Crippen LogP contribution in [0, 0.1) is 0 Å². The standard InChI is InChI=1S/C28H57IO10/c1-2-3-9-30-11-13-32-15-17-34-19-21-36-23-25-38-27-28-39-26-24-37-22-20-35-18-16-33-14-12-31-10-7-5-4-6-8-29/h2-28H2,1H3. The van der Waals surface area contributed by atoms with Gasteiger partial charge in [-0.2, -0.15) is 0 Å². The van der Waals surface area contributed by atoms with E-state index in [-0.39, 0.29) is 0 Å². The zero-order valence-electron chi connectivity index (χ0n) is 24.6. The van der Waals surface area contributed by atoms with Crippen LogP contribution in [0.1, 0.15) is 45.4 Å². The minimum Gasteiger partial charge on any atom is -0.379 e. The second-order valence-corrected chi connectivity index (χ2v) is 9.66. The number of hydrogen-bond acceptors (Lipinski definition) is 10. The Bertz CT molecular complexity index is 388. The van der Waals surface area contributed by atoms with Crippen molar-refractivity contribution in [3.63, 3.8) is 0 Å². The molecule has 10 nitrogen and oxygen atoms in total. The highest BCUT2D eigenvalue weighted by Gasteiger charge is 1.96. The largest absolute Gasteiger partial charge is 0.379 e. The van der Waals surface area contributed by atoms with Gasteiger partial charge < -0.3 is 47.4 Å². The van der Waals surface area contributed by atoms with Gasteiger partial charge in [0.25, 0.3) is 0 Å². The van der Waals surface area contributed by atoms with E-state index in [2.05, 4.69) is 29.5 Å². The highest BCUT2D eigenvalue weighted by molar-refractivity contribution is 14.1. The van der Waals surface area contributed by atoms with Crippen LogP contribution in [0.4, 0.5) is 0 Å². The van der Waals surface area contributed by atoms with Crippen molar-refractivity contribution < 1.29 is 47.4 Å². The van der Waals surface area contributed by atoms with Gasteiger partial charge in [0.15, 0.2) is 0 Å². The molecule has 0 radical (unpaired) electrons. The molecule has 39 heavy (non-hydrogen) atoms. The minimum atomic E-state index is 0.534. The molecule has 236 valence electrons. The molecule has 11 heteroatoms. The third-order valence-corrected chi connectivity index (χ3v) is 5.93. The molecule has 0 amide bonds. The van der Waals surface area contributed by atoms with Crippen LogP contribution in [0.3, 0.4) is 0 Å². The highest BCUT2D eigenvalue weighted by atomic mass is 127. The van der Waals surface area contributed by atoms with Crippen molar-refractivity contribution >= 4 is 22.6 Å². The summed E-state index contributed by atoms with van der Waals surface area (Å²) in [7, 11) is 0. The molecule has 0 saturated carbocycles. The third-order valence-electron chi connectivity index (χ3n) is 5.16. The van der Waals surface area contributed by atoms with E-state index in [1.165, 1.54) is 23.7 Å². The van der Waals surface area contributed by atoms with Gasteiger partial charge in [-0.25, -0.2) is 0 Å². The van der Waals surface area contributed by atoms with E-state index in [1.54, 1.807) is 0 Å². The fraction of sp³-hybridized carbons (Fsp3) is 1.00. The highest BCUT2D eigenvalue weighted by Crippen LogP contribution is 2.02.